The molecule has 1 saturated heterocycles. The molecular formula is C22H18ClNO4S. The van der Waals surface area contributed by atoms with Crippen molar-refractivity contribution in [3.63, 3.8) is 0 Å². The van der Waals surface area contributed by atoms with Gasteiger partial charge < -0.3 is 19.1 Å². The second-order valence-corrected chi connectivity index (χ2v) is 8.44. The van der Waals surface area contributed by atoms with Crippen LogP contribution in [0.3, 0.4) is 0 Å². The highest BCUT2D eigenvalue weighted by molar-refractivity contribution is 7.10. The van der Waals surface area contributed by atoms with Crippen LogP contribution in [-0.2, 0) is 11.3 Å². The molecule has 1 aromatic heterocycles. The maximum absolute atomic E-state index is 13.0. The molecule has 0 N–H and O–H groups in total. The van der Waals surface area contributed by atoms with Crippen LogP contribution in [0.2, 0.25) is 5.02 Å². The Bertz CT molecular complexity index is 1060. The van der Waals surface area contributed by atoms with E-state index in [1.807, 2.05) is 28.5 Å². The molecule has 0 radical (unpaired) electrons. The Labute approximate surface area is 177 Å². The molecule has 2 aliphatic rings. The number of likely N-dealkylation sites (tertiary alicyclic amines) is 1. The fourth-order valence-electron chi connectivity index (χ4n) is 3.67. The van der Waals surface area contributed by atoms with Gasteiger partial charge in [-0.3, -0.25) is 4.79 Å². The molecule has 0 unspecified atom stereocenters. The summed E-state index contributed by atoms with van der Waals surface area (Å²) >= 11 is 7.61. The van der Waals surface area contributed by atoms with Crippen molar-refractivity contribution in [2.24, 2.45) is 0 Å². The van der Waals surface area contributed by atoms with Crippen molar-refractivity contribution in [1.29, 1.82) is 0 Å². The summed E-state index contributed by atoms with van der Waals surface area (Å²) in [7, 11) is 0. The normalized spacial score (nSPS) is 19.9. The van der Waals surface area contributed by atoms with E-state index in [1.165, 1.54) is 0 Å². The van der Waals surface area contributed by atoms with Gasteiger partial charge in [-0.2, -0.15) is 0 Å². The predicted octanol–water partition coefficient (Wildman–Crippen LogP) is 4.97. The molecule has 3 heterocycles. The number of carbonyl (C=O) groups excluding carboxylic acids is 1. The van der Waals surface area contributed by atoms with Crippen LogP contribution in [0.15, 0.2) is 53.9 Å². The molecule has 29 heavy (non-hydrogen) atoms. The zero-order valence-electron chi connectivity index (χ0n) is 15.6. The zero-order chi connectivity index (χ0) is 20.0. The first-order valence-corrected chi connectivity index (χ1v) is 10.5. The lowest BCUT2D eigenvalue weighted by atomic mass is 9.93. The molecule has 1 fully saturated rings. The van der Waals surface area contributed by atoms with Crippen LogP contribution in [0.1, 0.15) is 22.0 Å². The van der Waals surface area contributed by atoms with Gasteiger partial charge in [0.25, 0.3) is 5.91 Å². The molecule has 5 nitrogen and oxygen atoms in total. The maximum Gasteiger partial charge on any atom is 0.267 e. The van der Waals surface area contributed by atoms with E-state index in [0.29, 0.717) is 23.1 Å². The number of ether oxygens (including phenoxy) is 3. The van der Waals surface area contributed by atoms with Crippen molar-refractivity contribution in [3.05, 3.63) is 74.9 Å². The average Bonchev–Trinajstić information content (AvgIpc) is 3.36. The fraction of sp³-hybridized carbons (Fsp3) is 0.227. The molecule has 2 atom stereocenters. The van der Waals surface area contributed by atoms with E-state index in [0.717, 1.165) is 21.8 Å². The lowest BCUT2D eigenvalue weighted by molar-refractivity contribution is -0.165. The largest absolute Gasteiger partial charge is 0.478 e. The minimum Gasteiger partial charge on any atom is -0.478 e. The van der Waals surface area contributed by atoms with Crippen molar-refractivity contribution in [3.8, 4) is 17.2 Å². The summed E-state index contributed by atoms with van der Waals surface area (Å²) in [5.74, 6) is 2.05. The summed E-state index contributed by atoms with van der Waals surface area (Å²) in [6.45, 7) is 2.78. The van der Waals surface area contributed by atoms with Crippen molar-refractivity contribution < 1.29 is 19.0 Å². The Kier molecular flexibility index (Phi) is 4.60. The molecule has 5 rings (SSSR count). The number of aryl methyl sites for hydroxylation is 1. The van der Waals surface area contributed by atoms with Gasteiger partial charge in [0.05, 0.1) is 0 Å². The molecule has 1 amide bonds. The van der Waals surface area contributed by atoms with E-state index in [-0.39, 0.29) is 18.7 Å². The monoisotopic (exact) mass is 427 g/mol. The average molecular weight is 428 g/mol. The number of halogens is 1. The number of nitrogens with zero attached hydrogens (tertiary/aromatic N) is 1. The minimum atomic E-state index is -0.553. The molecular weight excluding hydrogens is 410 g/mol. The first-order valence-electron chi connectivity index (χ1n) is 9.25. The SMILES string of the molecule is Cc1ccsc1[C@H]1[C@@H](Oc2ccc(Cl)cc2)C(=O)N1Cc1ccc2c(c1)OCO2. The number of carbonyl (C=O) groups is 1. The van der Waals surface area contributed by atoms with Crippen LogP contribution in [-0.4, -0.2) is 23.7 Å². The topological polar surface area (TPSA) is 48.0 Å². The van der Waals surface area contributed by atoms with Crippen LogP contribution in [0, 0.1) is 6.92 Å². The molecule has 2 aromatic carbocycles. The van der Waals surface area contributed by atoms with Gasteiger partial charge in [0, 0.05) is 16.4 Å². The van der Waals surface area contributed by atoms with Gasteiger partial charge in [0.15, 0.2) is 11.5 Å². The third-order valence-corrected chi connectivity index (χ3v) is 6.53. The van der Waals surface area contributed by atoms with Crippen LogP contribution in [0.5, 0.6) is 17.2 Å². The van der Waals surface area contributed by atoms with E-state index in [1.54, 1.807) is 35.6 Å². The van der Waals surface area contributed by atoms with Gasteiger partial charge >= 0.3 is 0 Å². The summed E-state index contributed by atoms with van der Waals surface area (Å²) in [5.41, 5.74) is 2.15. The Morgan fingerprint density at radius 1 is 1.14 bits per heavy atom. The van der Waals surface area contributed by atoms with Gasteiger partial charge in [-0.1, -0.05) is 17.7 Å². The second-order valence-electron chi connectivity index (χ2n) is 7.06. The zero-order valence-corrected chi connectivity index (χ0v) is 17.2. The number of β-lactam (4-membered cyclic amide) rings is 1. The molecule has 0 bridgehead atoms. The number of amides is 1. The lowest BCUT2D eigenvalue weighted by Gasteiger charge is -2.46. The van der Waals surface area contributed by atoms with Gasteiger partial charge in [-0.25, -0.2) is 0 Å². The van der Waals surface area contributed by atoms with Crippen LogP contribution >= 0.6 is 22.9 Å². The first kappa shape index (κ1) is 18.3. The van der Waals surface area contributed by atoms with Gasteiger partial charge in [-0.05, 0) is 65.9 Å². The molecule has 148 valence electrons. The standard InChI is InChI=1S/C22H18ClNO4S/c1-13-8-9-29-21(13)19-20(28-16-5-3-15(23)4-6-16)22(25)24(19)11-14-2-7-17-18(10-14)27-12-26-17/h2-10,19-20H,11-12H2,1H3/t19-,20-/m1/s1. The summed E-state index contributed by atoms with van der Waals surface area (Å²) in [6, 6.07) is 14.8. The lowest BCUT2D eigenvalue weighted by Crippen LogP contribution is -2.60. The molecule has 2 aliphatic heterocycles. The van der Waals surface area contributed by atoms with Gasteiger partial charge in [0.2, 0.25) is 12.9 Å². The van der Waals surface area contributed by atoms with Crippen LogP contribution in [0.25, 0.3) is 0 Å². The second kappa shape index (κ2) is 7.28. The Hall–Kier alpha value is -2.70. The molecule has 0 saturated carbocycles. The van der Waals surface area contributed by atoms with Crippen LogP contribution < -0.4 is 14.2 Å². The Balaban J connectivity index is 1.41. The summed E-state index contributed by atoms with van der Waals surface area (Å²) in [4.78, 5) is 16.0. The number of rotatable bonds is 5. The van der Waals surface area contributed by atoms with Crippen molar-refractivity contribution in [2.45, 2.75) is 25.6 Å². The van der Waals surface area contributed by atoms with E-state index in [2.05, 4.69) is 13.0 Å². The molecule has 0 aliphatic carbocycles. The van der Waals surface area contributed by atoms with Crippen molar-refractivity contribution in [2.75, 3.05) is 6.79 Å². The maximum atomic E-state index is 13.0. The molecule has 0 spiro atoms. The quantitative estimate of drug-likeness (QED) is 0.539. The highest BCUT2D eigenvalue weighted by atomic mass is 35.5. The number of thiophene rings is 1. The van der Waals surface area contributed by atoms with Gasteiger partial charge in [-0.15, -0.1) is 11.3 Å². The number of benzene rings is 2. The van der Waals surface area contributed by atoms with Crippen molar-refractivity contribution >= 4 is 28.8 Å². The first-order chi connectivity index (χ1) is 14.1. The number of fused-ring (bicyclic) bond motifs is 1. The Morgan fingerprint density at radius 2 is 1.93 bits per heavy atom. The minimum absolute atomic E-state index is 0.0320. The number of hydrogen-bond acceptors (Lipinski definition) is 5. The summed E-state index contributed by atoms with van der Waals surface area (Å²) in [6.07, 6.45) is -0.553. The molecule has 3 aromatic rings. The predicted molar refractivity (Wildman–Crippen MR) is 111 cm³/mol. The number of hydrogen-bond donors (Lipinski definition) is 0. The smallest absolute Gasteiger partial charge is 0.267 e. The van der Waals surface area contributed by atoms with E-state index >= 15 is 0 Å². The van der Waals surface area contributed by atoms with Crippen LogP contribution in [0.4, 0.5) is 0 Å². The van der Waals surface area contributed by atoms with E-state index in [4.69, 9.17) is 25.8 Å². The van der Waals surface area contributed by atoms with Gasteiger partial charge in [0.1, 0.15) is 11.8 Å². The highest BCUT2D eigenvalue weighted by Crippen LogP contribution is 2.43. The Morgan fingerprint density at radius 3 is 2.69 bits per heavy atom. The van der Waals surface area contributed by atoms with Crippen molar-refractivity contribution in [1.82, 2.24) is 4.90 Å². The summed E-state index contributed by atoms with van der Waals surface area (Å²) < 4.78 is 16.9. The fourth-order valence-corrected chi connectivity index (χ4v) is 4.86. The third kappa shape index (κ3) is 3.32. The third-order valence-electron chi connectivity index (χ3n) is 5.19. The highest BCUT2D eigenvalue weighted by Gasteiger charge is 2.51. The van der Waals surface area contributed by atoms with E-state index in [9.17, 15) is 4.79 Å². The van der Waals surface area contributed by atoms with E-state index < -0.39 is 6.10 Å². The molecule has 7 heteroatoms. The summed E-state index contributed by atoms with van der Waals surface area (Å²) in [5, 5.41) is 2.68.